The minimum Gasteiger partial charge on any atom is -0.339 e. The fourth-order valence-corrected chi connectivity index (χ4v) is 3.49. The molecule has 1 saturated heterocycles. The lowest BCUT2D eigenvalue weighted by atomic mass is 9.96. The van der Waals surface area contributed by atoms with E-state index in [2.05, 4.69) is 10.3 Å². The Morgan fingerprint density at radius 2 is 1.96 bits per heavy atom. The van der Waals surface area contributed by atoms with Crippen LogP contribution in [0.5, 0.6) is 0 Å². The smallest absolute Gasteiger partial charge is 0.246 e. The lowest BCUT2D eigenvalue weighted by molar-refractivity contribution is -0.130. The van der Waals surface area contributed by atoms with Gasteiger partial charge in [0.25, 0.3) is 0 Å². The number of aryl methyl sites for hydroxylation is 1. The first-order valence-electron chi connectivity index (χ1n) is 8.37. The molecular formula is C19H21N3O2S. The number of nitrogens with zero attached hydrogens (tertiary/aromatic N) is 2. The first-order valence-corrected chi connectivity index (χ1v) is 9.19. The minimum atomic E-state index is -0.0636. The summed E-state index contributed by atoms with van der Waals surface area (Å²) in [6.07, 6.45) is 6.54. The Morgan fingerprint density at radius 1 is 1.24 bits per heavy atom. The maximum Gasteiger partial charge on any atom is 0.246 e. The number of thiazole rings is 1. The standard InChI is InChI=1S/C19H21N3O2S/c1-14-13-20-19(25-14)21-18(24)16-9-11-22(12-10-16)17(23)8-7-15-5-3-2-4-6-15/h2-8,13,16H,9-12H2,1H3,(H,20,21,24). The quantitative estimate of drug-likeness (QED) is 0.856. The van der Waals surface area contributed by atoms with Gasteiger partial charge in [0.15, 0.2) is 5.13 Å². The lowest BCUT2D eigenvalue weighted by Gasteiger charge is -2.30. The molecule has 25 heavy (non-hydrogen) atoms. The maximum atomic E-state index is 12.3. The van der Waals surface area contributed by atoms with Gasteiger partial charge in [0, 0.05) is 36.2 Å². The van der Waals surface area contributed by atoms with Crippen molar-refractivity contribution in [3.63, 3.8) is 0 Å². The van der Waals surface area contributed by atoms with E-state index in [1.54, 1.807) is 17.2 Å². The van der Waals surface area contributed by atoms with Gasteiger partial charge in [0.05, 0.1) is 0 Å². The molecule has 5 nitrogen and oxygen atoms in total. The summed E-state index contributed by atoms with van der Waals surface area (Å²) in [4.78, 5) is 31.6. The van der Waals surface area contributed by atoms with Crippen LogP contribution in [-0.4, -0.2) is 34.8 Å². The number of piperidine rings is 1. The highest BCUT2D eigenvalue weighted by Crippen LogP contribution is 2.22. The van der Waals surface area contributed by atoms with Gasteiger partial charge in [0.2, 0.25) is 11.8 Å². The van der Waals surface area contributed by atoms with Crippen molar-refractivity contribution in [3.05, 3.63) is 53.0 Å². The van der Waals surface area contributed by atoms with E-state index in [0.29, 0.717) is 31.1 Å². The second kappa shape index (κ2) is 8.07. The van der Waals surface area contributed by atoms with Gasteiger partial charge in [-0.05, 0) is 31.4 Å². The van der Waals surface area contributed by atoms with E-state index in [9.17, 15) is 9.59 Å². The summed E-state index contributed by atoms with van der Waals surface area (Å²) in [7, 11) is 0. The average molecular weight is 355 g/mol. The number of aromatic nitrogens is 1. The van der Waals surface area contributed by atoms with Crippen LogP contribution in [0.4, 0.5) is 5.13 Å². The number of hydrogen-bond acceptors (Lipinski definition) is 4. The van der Waals surface area contributed by atoms with Crippen molar-refractivity contribution in [1.82, 2.24) is 9.88 Å². The summed E-state index contributed by atoms with van der Waals surface area (Å²) in [5, 5.41) is 3.52. The summed E-state index contributed by atoms with van der Waals surface area (Å²) >= 11 is 1.47. The van der Waals surface area contributed by atoms with Crippen LogP contribution in [0.2, 0.25) is 0 Å². The molecule has 2 heterocycles. The van der Waals surface area contributed by atoms with Crippen molar-refractivity contribution >= 4 is 34.4 Å². The number of likely N-dealkylation sites (tertiary alicyclic amines) is 1. The third-order valence-electron chi connectivity index (χ3n) is 4.25. The number of amides is 2. The van der Waals surface area contributed by atoms with Crippen molar-refractivity contribution in [3.8, 4) is 0 Å². The zero-order chi connectivity index (χ0) is 17.6. The number of nitrogens with one attached hydrogen (secondary N) is 1. The summed E-state index contributed by atoms with van der Waals surface area (Å²) in [5.41, 5.74) is 1.00. The number of hydrogen-bond donors (Lipinski definition) is 1. The van der Waals surface area contributed by atoms with Crippen LogP contribution in [0.3, 0.4) is 0 Å². The fourth-order valence-electron chi connectivity index (χ4n) is 2.82. The minimum absolute atomic E-state index is 0.00118. The molecule has 0 unspecified atom stereocenters. The van der Waals surface area contributed by atoms with Gasteiger partial charge in [-0.2, -0.15) is 0 Å². The van der Waals surface area contributed by atoms with Crippen molar-refractivity contribution < 1.29 is 9.59 Å². The Balaban J connectivity index is 1.48. The van der Waals surface area contributed by atoms with Gasteiger partial charge in [-0.1, -0.05) is 30.3 Å². The van der Waals surface area contributed by atoms with Crippen LogP contribution < -0.4 is 5.32 Å². The molecular weight excluding hydrogens is 334 g/mol. The van der Waals surface area contributed by atoms with E-state index in [1.165, 1.54) is 11.3 Å². The number of carbonyl (C=O) groups is 2. The Bertz CT molecular complexity index is 762. The lowest BCUT2D eigenvalue weighted by Crippen LogP contribution is -2.40. The highest BCUT2D eigenvalue weighted by atomic mass is 32.1. The number of carbonyl (C=O) groups excluding carboxylic acids is 2. The predicted molar refractivity (Wildman–Crippen MR) is 100 cm³/mol. The zero-order valence-electron chi connectivity index (χ0n) is 14.1. The van der Waals surface area contributed by atoms with Crippen molar-refractivity contribution in [2.24, 2.45) is 5.92 Å². The molecule has 1 aliphatic rings. The Kier molecular flexibility index (Phi) is 5.60. The second-order valence-electron chi connectivity index (χ2n) is 6.11. The van der Waals surface area contributed by atoms with Gasteiger partial charge in [0.1, 0.15) is 0 Å². The number of benzene rings is 1. The Labute approximate surface area is 151 Å². The van der Waals surface area contributed by atoms with Crippen molar-refractivity contribution in [2.75, 3.05) is 18.4 Å². The topological polar surface area (TPSA) is 62.3 Å². The molecule has 2 aromatic rings. The normalized spacial score (nSPS) is 15.5. The van der Waals surface area contributed by atoms with Crippen LogP contribution in [0.15, 0.2) is 42.6 Å². The Morgan fingerprint density at radius 3 is 2.60 bits per heavy atom. The molecule has 0 atom stereocenters. The monoisotopic (exact) mass is 355 g/mol. The van der Waals surface area contributed by atoms with Crippen LogP contribution in [0.1, 0.15) is 23.3 Å². The number of rotatable bonds is 4. The van der Waals surface area contributed by atoms with Gasteiger partial charge < -0.3 is 10.2 Å². The molecule has 0 saturated carbocycles. The van der Waals surface area contributed by atoms with Crippen LogP contribution in [0.25, 0.3) is 6.08 Å². The highest BCUT2D eigenvalue weighted by molar-refractivity contribution is 7.15. The first kappa shape index (κ1) is 17.4. The number of anilines is 1. The Hall–Kier alpha value is -2.47. The van der Waals surface area contributed by atoms with Crippen LogP contribution in [0, 0.1) is 12.8 Å². The molecule has 0 spiro atoms. The van der Waals surface area contributed by atoms with Crippen molar-refractivity contribution in [2.45, 2.75) is 19.8 Å². The van der Waals surface area contributed by atoms with Gasteiger partial charge in [-0.3, -0.25) is 9.59 Å². The largest absolute Gasteiger partial charge is 0.339 e. The van der Waals surface area contributed by atoms with Crippen molar-refractivity contribution in [1.29, 1.82) is 0 Å². The third-order valence-corrected chi connectivity index (χ3v) is 5.07. The second-order valence-corrected chi connectivity index (χ2v) is 7.34. The van der Waals surface area contributed by atoms with Crippen LogP contribution in [-0.2, 0) is 9.59 Å². The predicted octanol–water partition coefficient (Wildman–Crippen LogP) is 3.34. The van der Waals surface area contributed by atoms with Gasteiger partial charge in [-0.25, -0.2) is 4.98 Å². The van der Waals surface area contributed by atoms with E-state index in [0.717, 1.165) is 10.4 Å². The molecule has 2 amide bonds. The summed E-state index contributed by atoms with van der Waals surface area (Å²) in [6.45, 7) is 3.17. The molecule has 1 fully saturated rings. The SMILES string of the molecule is Cc1cnc(NC(=O)C2CCN(C(=O)C=Cc3ccccc3)CC2)s1. The first-order chi connectivity index (χ1) is 12.1. The van der Waals surface area contributed by atoms with E-state index in [1.807, 2.05) is 43.3 Å². The summed E-state index contributed by atoms with van der Waals surface area (Å²) < 4.78 is 0. The van der Waals surface area contributed by atoms with Gasteiger partial charge >= 0.3 is 0 Å². The third kappa shape index (κ3) is 4.76. The molecule has 0 bridgehead atoms. The molecule has 1 N–H and O–H groups in total. The molecule has 0 aliphatic carbocycles. The molecule has 6 heteroatoms. The highest BCUT2D eigenvalue weighted by Gasteiger charge is 2.27. The summed E-state index contributed by atoms with van der Waals surface area (Å²) in [6, 6.07) is 9.75. The van der Waals surface area contributed by atoms with E-state index < -0.39 is 0 Å². The average Bonchev–Trinajstić information content (AvgIpc) is 3.05. The van der Waals surface area contributed by atoms with Crippen LogP contribution >= 0.6 is 11.3 Å². The molecule has 130 valence electrons. The molecule has 1 aromatic carbocycles. The molecule has 1 aliphatic heterocycles. The van der Waals surface area contributed by atoms with E-state index in [4.69, 9.17) is 0 Å². The molecule has 0 radical (unpaired) electrons. The van der Waals surface area contributed by atoms with E-state index >= 15 is 0 Å². The molecule has 1 aromatic heterocycles. The maximum absolute atomic E-state index is 12.3. The van der Waals surface area contributed by atoms with E-state index in [-0.39, 0.29) is 17.7 Å². The fraction of sp³-hybridized carbons (Fsp3) is 0.316. The van der Waals surface area contributed by atoms with Gasteiger partial charge in [-0.15, -0.1) is 11.3 Å². The zero-order valence-corrected chi connectivity index (χ0v) is 15.0. The summed E-state index contributed by atoms with van der Waals surface area (Å²) in [5.74, 6) is -0.0640. The molecule has 3 rings (SSSR count).